The van der Waals surface area contributed by atoms with Crippen molar-refractivity contribution in [1.82, 2.24) is 10.6 Å². The number of carbonyl (C=O) groups is 2. The monoisotopic (exact) mass is 2090 g/mol. The largest absolute Gasteiger partial charge is 0.496 e. The molecule has 2 N–H and O–H groups in total. The van der Waals surface area contributed by atoms with Gasteiger partial charge in [0.25, 0.3) is 5.91 Å². The SMILES string of the molecule is COc1cc(CCCCl)ccc1CCOCCNC(=O)c1ccc(CNC(=O)CCOCCOCCOCCOCCOCCOCCOCCOCCOCCOCCOCCOCCOCCOCCOCCOCCOCCOCCOCCOCCOCCOCCOCCOCCOCCOCCOCCOCCOCCOCCOCCOCCOCCOCCOCCOCCN=[N+]=[N-])cc1. The molecular formula is C97H176ClN5O40. The molecule has 45 nitrogen and oxygen atoms in total. The minimum atomic E-state index is -0.191. The third-order valence-electron chi connectivity index (χ3n) is 18.6. The fourth-order valence-corrected chi connectivity index (χ4v) is 11.4. The van der Waals surface area contributed by atoms with Crippen LogP contribution in [-0.2, 0) is 199 Å². The summed E-state index contributed by atoms with van der Waals surface area (Å²) in [5, 5.41) is 9.15. The number of ether oxygens (including phenoxy) is 38. The maximum absolute atomic E-state index is 12.6. The summed E-state index contributed by atoms with van der Waals surface area (Å²) in [6.07, 6.45) is 2.76. The van der Waals surface area contributed by atoms with Crippen LogP contribution in [0.5, 0.6) is 5.75 Å². The van der Waals surface area contributed by atoms with E-state index in [0.717, 1.165) is 29.7 Å². The van der Waals surface area contributed by atoms with Gasteiger partial charge in [0.05, 0.1) is 496 Å². The Balaban J connectivity index is 1.10. The lowest BCUT2D eigenvalue weighted by Crippen LogP contribution is -2.27. The molecular weight excluding hydrogens is 1910 g/mol. The highest BCUT2D eigenvalue weighted by molar-refractivity contribution is 6.17. The third kappa shape index (κ3) is 104. The second kappa shape index (κ2) is 118. The van der Waals surface area contributed by atoms with Crippen LogP contribution in [0.1, 0.15) is 39.9 Å². The van der Waals surface area contributed by atoms with Crippen LogP contribution in [0.2, 0.25) is 0 Å². The minimum Gasteiger partial charge on any atom is -0.496 e. The van der Waals surface area contributed by atoms with Gasteiger partial charge in [-0.2, -0.15) is 0 Å². The van der Waals surface area contributed by atoms with E-state index in [9.17, 15) is 9.59 Å². The van der Waals surface area contributed by atoms with Crippen LogP contribution in [0.15, 0.2) is 47.6 Å². The molecule has 2 amide bonds. The number of amides is 2. The summed E-state index contributed by atoms with van der Waals surface area (Å²) in [7, 11) is 1.67. The Morgan fingerprint density at radius 2 is 0.469 bits per heavy atom. The summed E-state index contributed by atoms with van der Waals surface area (Å²) in [4.78, 5) is 27.6. The Morgan fingerprint density at radius 1 is 0.259 bits per heavy atom. The number of hydrogen-bond acceptors (Lipinski definition) is 41. The van der Waals surface area contributed by atoms with E-state index in [1.54, 1.807) is 19.2 Å². The van der Waals surface area contributed by atoms with Gasteiger partial charge in [0.1, 0.15) is 5.75 Å². The molecule has 0 saturated carbocycles. The number of carbonyl (C=O) groups excluding carboxylic acids is 2. The van der Waals surface area contributed by atoms with Gasteiger partial charge in [-0.3, -0.25) is 9.59 Å². The zero-order valence-corrected chi connectivity index (χ0v) is 86.3. The molecule has 836 valence electrons. The highest BCUT2D eigenvalue weighted by atomic mass is 35.5. The molecule has 2 aromatic carbocycles. The van der Waals surface area contributed by atoms with Crippen LogP contribution in [0.4, 0.5) is 0 Å². The number of alkyl halides is 1. The molecule has 0 atom stereocenters. The minimum absolute atomic E-state index is 0.132. The molecule has 0 aliphatic rings. The topological polar surface area (TPSA) is 458 Å². The first-order valence-electron chi connectivity index (χ1n) is 50.3. The summed E-state index contributed by atoms with van der Waals surface area (Å²) in [6, 6.07) is 13.3. The van der Waals surface area contributed by atoms with Crippen LogP contribution >= 0.6 is 11.6 Å². The first-order chi connectivity index (χ1) is 71.1. The van der Waals surface area contributed by atoms with E-state index in [2.05, 4.69) is 38.9 Å². The molecule has 0 unspecified atom stereocenters. The number of methoxy groups -OCH3 is 1. The van der Waals surface area contributed by atoms with Gasteiger partial charge in [0, 0.05) is 42.4 Å². The Bertz CT molecular complexity index is 2900. The van der Waals surface area contributed by atoms with Crippen LogP contribution < -0.4 is 15.4 Å². The lowest BCUT2D eigenvalue weighted by Gasteiger charge is -2.11. The second-order valence-corrected chi connectivity index (χ2v) is 30.2. The summed E-state index contributed by atoms with van der Waals surface area (Å²) in [5.74, 6) is 1.15. The summed E-state index contributed by atoms with van der Waals surface area (Å²) in [5.41, 5.74) is 11.9. The van der Waals surface area contributed by atoms with E-state index >= 15 is 0 Å². The molecule has 0 aliphatic heterocycles. The normalized spacial score (nSPS) is 11.6. The molecule has 0 aliphatic carbocycles. The molecule has 143 heavy (non-hydrogen) atoms. The predicted octanol–water partition coefficient (Wildman–Crippen LogP) is 4.77. The van der Waals surface area contributed by atoms with E-state index in [1.807, 2.05) is 12.1 Å². The van der Waals surface area contributed by atoms with Crippen molar-refractivity contribution in [3.05, 3.63) is 75.2 Å². The van der Waals surface area contributed by atoms with Crippen molar-refractivity contribution in [2.45, 2.75) is 32.2 Å². The Hall–Kier alpha value is -4.70. The standard InChI is InChI=1S/C97H176ClN5O40/c1-106-95-89-91(3-2-12-98)4-7-93(95)10-15-107-17-13-100-97(105)94-8-5-92(6-9-94)90-101-96(104)11-16-108-19-21-110-23-25-112-27-29-114-31-33-116-35-37-118-39-41-120-43-45-122-47-49-124-51-53-126-55-57-128-59-61-130-63-65-132-67-69-134-71-73-136-75-77-138-79-81-140-83-85-142-87-88-143-86-84-141-82-80-139-78-76-137-74-72-135-70-68-133-66-64-131-62-60-129-58-56-127-54-52-125-50-48-123-46-44-121-42-40-119-38-36-117-34-32-115-30-28-113-26-24-111-22-20-109-18-14-102-103-99/h4-9,89H,2-3,10-88,90H2,1H3,(H,100,105)(H,101,104). The molecule has 0 bridgehead atoms. The summed E-state index contributed by atoms with van der Waals surface area (Å²) >= 11 is 5.83. The second-order valence-electron chi connectivity index (χ2n) is 29.8. The lowest BCUT2D eigenvalue weighted by atomic mass is 10.0. The number of halogens is 1. The lowest BCUT2D eigenvalue weighted by molar-refractivity contribution is -0.122. The van der Waals surface area contributed by atoms with Crippen molar-refractivity contribution in [3.8, 4) is 5.75 Å². The molecule has 2 aromatic rings. The number of nitrogens with zero attached hydrogens (tertiary/aromatic N) is 3. The maximum atomic E-state index is 12.6. The zero-order valence-electron chi connectivity index (χ0n) is 85.6. The van der Waals surface area contributed by atoms with Gasteiger partial charge < -0.3 is 191 Å². The number of azide groups is 1. The van der Waals surface area contributed by atoms with Crippen LogP contribution in [-0.4, -0.2) is 527 Å². The Morgan fingerprint density at radius 3 is 0.685 bits per heavy atom. The van der Waals surface area contributed by atoms with Crippen molar-refractivity contribution in [2.75, 3.05) is 515 Å². The third-order valence-corrected chi connectivity index (χ3v) is 18.9. The van der Waals surface area contributed by atoms with Gasteiger partial charge in [0.15, 0.2) is 0 Å². The van der Waals surface area contributed by atoms with Gasteiger partial charge in [-0.05, 0) is 59.7 Å². The van der Waals surface area contributed by atoms with E-state index in [1.165, 1.54) is 5.56 Å². The van der Waals surface area contributed by atoms with Gasteiger partial charge in [0.2, 0.25) is 5.91 Å². The summed E-state index contributed by atoms with van der Waals surface area (Å²) < 4.78 is 210. The number of nitrogens with one attached hydrogen (secondary N) is 2. The Kier molecular flexibility index (Phi) is 110. The van der Waals surface area contributed by atoms with E-state index in [-0.39, 0.29) is 24.8 Å². The van der Waals surface area contributed by atoms with E-state index in [4.69, 9.17) is 197 Å². The van der Waals surface area contributed by atoms with Gasteiger partial charge >= 0.3 is 0 Å². The van der Waals surface area contributed by atoms with E-state index < -0.39 is 0 Å². The Labute approximate surface area is 853 Å². The molecule has 0 aromatic heterocycles. The molecule has 0 fully saturated rings. The van der Waals surface area contributed by atoms with Crippen LogP contribution in [0, 0.1) is 0 Å². The average molecular weight is 2090 g/mol. The van der Waals surface area contributed by atoms with Crippen molar-refractivity contribution in [2.24, 2.45) is 5.11 Å². The molecule has 0 heterocycles. The van der Waals surface area contributed by atoms with Crippen molar-refractivity contribution < 1.29 is 190 Å². The fraction of sp³-hybridized carbons (Fsp3) is 0.856. The molecule has 46 heteroatoms. The number of benzene rings is 2. The zero-order chi connectivity index (χ0) is 102. The van der Waals surface area contributed by atoms with E-state index in [0.29, 0.717) is 520 Å². The average Bonchev–Trinajstić information content (AvgIpc) is 0.863. The van der Waals surface area contributed by atoms with Gasteiger partial charge in [-0.1, -0.05) is 29.4 Å². The van der Waals surface area contributed by atoms with Crippen LogP contribution in [0.3, 0.4) is 0 Å². The summed E-state index contributed by atoms with van der Waals surface area (Å²) in [6.45, 7) is 35.1. The van der Waals surface area contributed by atoms with Crippen molar-refractivity contribution >= 4 is 23.4 Å². The fourth-order valence-electron chi connectivity index (χ4n) is 11.2. The quantitative estimate of drug-likeness (QED) is 0.0296. The van der Waals surface area contributed by atoms with Gasteiger partial charge in [-0.15, -0.1) is 11.6 Å². The molecule has 2 rings (SSSR count). The molecule has 0 radical (unpaired) electrons. The first kappa shape index (κ1) is 134. The van der Waals surface area contributed by atoms with Crippen molar-refractivity contribution in [1.29, 1.82) is 0 Å². The van der Waals surface area contributed by atoms with Gasteiger partial charge in [-0.25, -0.2) is 0 Å². The van der Waals surface area contributed by atoms with Crippen molar-refractivity contribution in [3.63, 3.8) is 0 Å². The smallest absolute Gasteiger partial charge is 0.251 e. The number of rotatable bonds is 124. The maximum Gasteiger partial charge on any atom is 0.251 e. The molecule has 0 spiro atoms. The van der Waals surface area contributed by atoms with Crippen LogP contribution in [0.25, 0.3) is 10.4 Å². The highest BCUT2D eigenvalue weighted by Gasteiger charge is 2.12. The first-order valence-corrected chi connectivity index (χ1v) is 50.8. The number of hydrogen-bond donors (Lipinski definition) is 2. The predicted molar refractivity (Wildman–Crippen MR) is 525 cm³/mol. The highest BCUT2D eigenvalue weighted by Crippen LogP contribution is 2.22. The molecule has 0 saturated heterocycles. The number of aryl methyl sites for hydroxylation is 1.